The molecule has 0 N–H and O–H groups in total. The van der Waals surface area contributed by atoms with Crippen molar-refractivity contribution < 1.29 is 18.0 Å². The Balaban J connectivity index is 2.25. The lowest BCUT2D eigenvalue weighted by atomic mass is 9.98. The molecule has 0 spiro atoms. The van der Waals surface area contributed by atoms with Crippen molar-refractivity contribution in [2.45, 2.75) is 6.18 Å². The number of halogens is 3. The van der Waals surface area contributed by atoms with Crippen LogP contribution in [0.5, 0.6) is 0 Å². The lowest BCUT2D eigenvalue weighted by Gasteiger charge is -2.35. The van der Waals surface area contributed by atoms with Crippen LogP contribution in [0.15, 0.2) is 24.3 Å². The standard InChI is InChI=1S/C12H9F3N2O/c13-12(14,15)10-4-2-1-3-9(10)11(18)17-6-8(5-16)7-17/h1-4,8H,6-7H2. The molecule has 0 aromatic heterocycles. The molecule has 1 aromatic rings. The third-order valence-electron chi connectivity index (χ3n) is 2.81. The van der Waals surface area contributed by atoms with Gasteiger partial charge in [-0.1, -0.05) is 12.1 Å². The lowest BCUT2D eigenvalue weighted by molar-refractivity contribution is -0.138. The van der Waals surface area contributed by atoms with E-state index in [1.807, 2.05) is 6.07 Å². The largest absolute Gasteiger partial charge is 0.417 e. The Kier molecular flexibility index (Phi) is 2.99. The van der Waals surface area contributed by atoms with Gasteiger partial charge in [0.25, 0.3) is 5.91 Å². The molecule has 0 saturated carbocycles. The summed E-state index contributed by atoms with van der Waals surface area (Å²) in [5.74, 6) is -0.943. The van der Waals surface area contributed by atoms with Gasteiger partial charge >= 0.3 is 6.18 Å². The summed E-state index contributed by atoms with van der Waals surface area (Å²) in [5.41, 5.74) is -1.29. The topological polar surface area (TPSA) is 44.1 Å². The molecule has 1 amide bonds. The number of nitriles is 1. The highest BCUT2D eigenvalue weighted by molar-refractivity contribution is 5.96. The van der Waals surface area contributed by atoms with Crippen molar-refractivity contribution in [3.05, 3.63) is 35.4 Å². The molecule has 3 nitrogen and oxygen atoms in total. The minimum absolute atomic E-state index is 0.196. The van der Waals surface area contributed by atoms with Crippen LogP contribution in [-0.2, 0) is 6.18 Å². The van der Waals surface area contributed by atoms with E-state index in [4.69, 9.17) is 5.26 Å². The van der Waals surface area contributed by atoms with Gasteiger partial charge in [0.2, 0.25) is 0 Å². The van der Waals surface area contributed by atoms with Crippen molar-refractivity contribution in [3.8, 4) is 6.07 Å². The van der Waals surface area contributed by atoms with E-state index in [1.165, 1.54) is 17.0 Å². The first-order chi connectivity index (χ1) is 8.43. The Morgan fingerprint density at radius 1 is 1.33 bits per heavy atom. The average Bonchev–Trinajstić information content (AvgIpc) is 2.26. The van der Waals surface area contributed by atoms with Gasteiger partial charge in [-0.25, -0.2) is 0 Å². The van der Waals surface area contributed by atoms with Crippen LogP contribution in [0, 0.1) is 17.2 Å². The minimum atomic E-state index is -4.55. The van der Waals surface area contributed by atoms with E-state index < -0.39 is 17.6 Å². The highest BCUT2D eigenvalue weighted by Gasteiger charge is 2.38. The van der Waals surface area contributed by atoms with Gasteiger partial charge in [-0.15, -0.1) is 0 Å². The van der Waals surface area contributed by atoms with Gasteiger partial charge in [-0.3, -0.25) is 4.79 Å². The van der Waals surface area contributed by atoms with E-state index in [-0.39, 0.29) is 24.6 Å². The summed E-state index contributed by atoms with van der Waals surface area (Å²) >= 11 is 0. The Labute approximate surface area is 101 Å². The number of alkyl halides is 3. The van der Waals surface area contributed by atoms with Gasteiger partial charge in [0.1, 0.15) is 0 Å². The summed E-state index contributed by atoms with van der Waals surface area (Å²) < 4.78 is 38.1. The van der Waals surface area contributed by atoms with Gasteiger partial charge < -0.3 is 4.90 Å². The number of likely N-dealkylation sites (tertiary alicyclic amines) is 1. The molecule has 94 valence electrons. The van der Waals surface area contributed by atoms with E-state index in [0.29, 0.717) is 0 Å². The third-order valence-corrected chi connectivity index (χ3v) is 2.81. The summed E-state index contributed by atoms with van der Waals surface area (Å²) in [4.78, 5) is 13.1. The van der Waals surface area contributed by atoms with Crippen LogP contribution in [-0.4, -0.2) is 23.9 Å². The van der Waals surface area contributed by atoms with Crippen molar-refractivity contribution in [2.24, 2.45) is 5.92 Å². The predicted octanol–water partition coefficient (Wildman–Crippen LogP) is 2.30. The Morgan fingerprint density at radius 3 is 2.50 bits per heavy atom. The Bertz CT molecular complexity index is 513. The van der Waals surface area contributed by atoms with Crippen LogP contribution in [0.4, 0.5) is 13.2 Å². The monoisotopic (exact) mass is 254 g/mol. The maximum absolute atomic E-state index is 12.7. The summed E-state index contributed by atoms with van der Waals surface area (Å²) in [6.07, 6.45) is -4.55. The van der Waals surface area contributed by atoms with Gasteiger partial charge in [0, 0.05) is 13.1 Å². The van der Waals surface area contributed by atoms with Crippen LogP contribution < -0.4 is 0 Å². The Hall–Kier alpha value is -2.03. The number of hydrogen-bond acceptors (Lipinski definition) is 2. The van der Waals surface area contributed by atoms with E-state index in [2.05, 4.69) is 0 Å². The molecule has 0 bridgehead atoms. The number of benzene rings is 1. The molecule has 1 saturated heterocycles. The zero-order valence-electron chi connectivity index (χ0n) is 9.24. The van der Waals surface area contributed by atoms with Crippen LogP contribution >= 0.6 is 0 Å². The minimum Gasteiger partial charge on any atom is -0.336 e. The van der Waals surface area contributed by atoms with Gasteiger partial charge in [-0.05, 0) is 12.1 Å². The second-order valence-corrected chi connectivity index (χ2v) is 4.08. The molecule has 18 heavy (non-hydrogen) atoms. The summed E-state index contributed by atoms with van der Waals surface area (Å²) in [7, 11) is 0. The predicted molar refractivity (Wildman–Crippen MR) is 56.5 cm³/mol. The molecule has 1 aliphatic rings. The molecule has 1 aromatic carbocycles. The fraction of sp³-hybridized carbons (Fsp3) is 0.333. The molecular formula is C12H9F3N2O. The van der Waals surface area contributed by atoms with Crippen molar-refractivity contribution in [1.82, 2.24) is 4.90 Å². The van der Waals surface area contributed by atoms with Crippen molar-refractivity contribution in [2.75, 3.05) is 13.1 Å². The molecule has 0 atom stereocenters. The maximum atomic E-state index is 12.7. The molecule has 1 heterocycles. The van der Waals surface area contributed by atoms with E-state index in [1.54, 1.807) is 0 Å². The molecule has 0 radical (unpaired) electrons. The van der Waals surface area contributed by atoms with E-state index in [9.17, 15) is 18.0 Å². The first-order valence-corrected chi connectivity index (χ1v) is 5.28. The number of carbonyl (C=O) groups is 1. The molecule has 0 aliphatic carbocycles. The molecule has 2 rings (SSSR count). The van der Waals surface area contributed by atoms with E-state index >= 15 is 0 Å². The quantitative estimate of drug-likeness (QED) is 0.771. The molecule has 1 aliphatic heterocycles. The van der Waals surface area contributed by atoms with Gasteiger partial charge in [0.05, 0.1) is 23.1 Å². The summed E-state index contributed by atoms with van der Waals surface area (Å²) in [6.45, 7) is 0.392. The SMILES string of the molecule is N#CC1CN(C(=O)c2ccccc2C(F)(F)F)C1. The fourth-order valence-corrected chi connectivity index (χ4v) is 1.81. The van der Waals surface area contributed by atoms with Crippen LogP contribution in [0.3, 0.4) is 0 Å². The zero-order valence-corrected chi connectivity index (χ0v) is 9.24. The van der Waals surface area contributed by atoms with Gasteiger partial charge in [-0.2, -0.15) is 18.4 Å². The number of carbonyl (C=O) groups excluding carboxylic acids is 1. The maximum Gasteiger partial charge on any atom is 0.417 e. The second-order valence-electron chi connectivity index (χ2n) is 4.08. The number of rotatable bonds is 1. The number of amides is 1. The fourth-order valence-electron chi connectivity index (χ4n) is 1.81. The highest BCUT2D eigenvalue weighted by Crippen LogP contribution is 2.33. The van der Waals surface area contributed by atoms with Gasteiger partial charge in [0.15, 0.2) is 0 Å². The lowest BCUT2D eigenvalue weighted by Crippen LogP contribution is -2.49. The molecule has 0 unspecified atom stereocenters. The molecule has 6 heteroatoms. The molecular weight excluding hydrogens is 245 g/mol. The van der Waals surface area contributed by atoms with Crippen molar-refractivity contribution in [1.29, 1.82) is 5.26 Å². The Morgan fingerprint density at radius 2 is 1.94 bits per heavy atom. The third kappa shape index (κ3) is 2.16. The smallest absolute Gasteiger partial charge is 0.336 e. The second kappa shape index (κ2) is 4.33. The van der Waals surface area contributed by atoms with Crippen molar-refractivity contribution >= 4 is 5.91 Å². The average molecular weight is 254 g/mol. The van der Waals surface area contributed by atoms with Crippen LogP contribution in [0.2, 0.25) is 0 Å². The summed E-state index contributed by atoms with van der Waals surface area (Å²) in [5, 5.41) is 8.57. The molecule has 1 fully saturated rings. The number of hydrogen-bond donors (Lipinski definition) is 0. The highest BCUT2D eigenvalue weighted by atomic mass is 19.4. The normalized spacial score (nSPS) is 16.0. The first-order valence-electron chi connectivity index (χ1n) is 5.28. The first kappa shape index (κ1) is 12.4. The van der Waals surface area contributed by atoms with Crippen molar-refractivity contribution in [3.63, 3.8) is 0 Å². The zero-order chi connectivity index (χ0) is 13.3. The van der Waals surface area contributed by atoms with E-state index in [0.717, 1.165) is 12.1 Å². The number of nitrogens with zero attached hydrogens (tertiary/aromatic N) is 2. The van der Waals surface area contributed by atoms with Crippen LogP contribution in [0.25, 0.3) is 0 Å². The summed E-state index contributed by atoms with van der Waals surface area (Å²) in [6, 6.07) is 6.64. The van der Waals surface area contributed by atoms with Crippen LogP contribution in [0.1, 0.15) is 15.9 Å².